The van der Waals surface area contributed by atoms with Crippen LogP contribution in [0.3, 0.4) is 0 Å². The maximum absolute atomic E-state index is 13.9. The summed E-state index contributed by atoms with van der Waals surface area (Å²) in [7, 11) is 2.00. The van der Waals surface area contributed by atoms with E-state index in [1.54, 1.807) is 26.0 Å². The molecule has 2 heterocycles. The maximum atomic E-state index is 13.9. The molecule has 212 valence electrons. The highest BCUT2D eigenvalue weighted by atomic mass is 35.5. The minimum absolute atomic E-state index is 0.0807. The Labute approximate surface area is 237 Å². The lowest BCUT2D eigenvalue weighted by atomic mass is 9.90. The van der Waals surface area contributed by atoms with Gasteiger partial charge in [-0.3, -0.25) is 25.1 Å². The molecule has 1 saturated heterocycles. The van der Waals surface area contributed by atoms with Crippen LogP contribution in [-0.4, -0.2) is 77.5 Å². The number of amides is 1. The van der Waals surface area contributed by atoms with Crippen molar-refractivity contribution in [3.05, 3.63) is 70.7 Å². The number of aliphatic imine (C=N–C) groups is 1. The molecule has 0 aromatic carbocycles. The normalized spacial score (nSPS) is 17.7. The van der Waals surface area contributed by atoms with Crippen LogP contribution < -0.4 is 5.32 Å². The summed E-state index contributed by atoms with van der Waals surface area (Å²) in [5.41, 5.74) is 1.85. The number of allylic oxidation sites excluding steroid dienone is 5. The number of carbonyl (C=O) groups excluding carboxylic acids is 1. The number of pyridine rings is 1. The molecule has 0 radical (unpaired) electrons. The topological polar surface area (TPSA) is 84.7 Å². The minimum Gasteiger partial charge on any atom is -0.321 e. The average molecular weight is 573 g/mol. The molecule has 0 spiro atoms. The molecular formula is C29H32ClF3N6O. The van der Waals surface area contributed by atoms with Crippen LogP contribution in [0.25, 0.3) is 0 Å². The predicted molar refractivity (Wildman–Crippen MR) is 154 cm³/mol. The Morgan fingerprint density at radius 3 is 2.65 bits per heavy atom. The van der Waals surface area contributed by atoms with Gasteiger partial charge in [0.1, 0.15) is 5.17 Å². The van der Waals surface area contributed by atoms with Crippen LogP contribution in [0.15, 0.2) is 64.5 Å². The van der Waals surface area contributed by atoms with Crippen LogP contribution in [0.5, 0.6) is 0 Å². The second kappa shape index (κ2) is 14.2. The Morgan fingerprint density at radius 1 is 1.25 bits per heavy atom. The number of likely N-dealkylation sites (N-methyl/N-ethyl adjacent to an activating group) is 1. The molecule has 1 aromatic rings. The second-order valence-electron chi connectivity index (χ2n) is 9.61. The Morgan fingerprint density at radius 2 is 1.98 bits per heavy atom. The number of aryl methyl sites for hydroxylation is 1. The third-order valence-electron chi connectivity index (χ3n) is 6.46. The highest BCUT2D eigenvalue weighted by Crippen LogP contribution is 2.36. The van der Waals surface area contributed by atoms with Gasteiger partial charge in [-0.05, 0) is 63.6 Å². The zero-order valence-corrected chi connectivity index (χ0v) is 23.5. The summed E-state index contributed by atoms with van der Waals surface area (Å²) in [6.07, 6.45) is 4.35. The summed E-state index contributed by atoms with van der Waals surface area (Å²) in [6, 6.07) is 1.63. The monoisotopic (exact) mass is 572 g/mol. The van der Waals surface area contributed by atoms with Crippen LogP contribution in [-0.2, 0) is 4.79 Å². The third-order valence-corrected chi connectivity index (χ3v) is 6.59. The molecule has 2 N–H and O–H groups in total. The summed E-state index contributed by atoms with van der Waals surface area (Å²) in [6.45, 7) is 6.84. The fourth-order valence-electron chi connectivity index (χ4n) is 4.16. The van der Waals surface area contributed by atoms with Crippen molar-refractivity contribution in [1.29, 1.82) is 5.41 Å². The smallest absolute Gasteiger partial charge is 0.321 e. The number of piperazine rings is 1. The Bertz CT molecular complexity index is 1340. The largest absolute Gasteiger partial charge is 0.416 e. The highest BCUT2D eigenvalue weighted by molar-refractivity contribution is 6.67. The van der Waals surface area contributed by atoms with Crippen LogP contribution in [0.1, 0.15) is 31.0 Å². The van der Waals surface area contributed by atoms with Crippen LogP contribution in [0, 0.1) is 24.2 Å². The molecule has 1 aliphatic carbocycles. The molecule has 1 aromatic heterocycles. The average Bonchev–Trinajstić information content (AvgIpc) is 2.89. The SMILES string of the molecule is CC(/C=C\C(=N)Cl)=NC=CC#Cc1cc(NC(=O)C2=CC(C(F)(F)F)=C(CN3CCN(C)CC3)CC2)cnc1C. The number of hydrogen-bond acceptors (Lipinski definition) is 6. The van der Waals surface area contributed by atoms with Gasteiger partial charge < -0.3 is 10.2 Å². The van der Waals surface area contributed by atoms with E-state index in [0.717, 1.165) is 19.2 Å². The van der Waals surface area contributed by atoms with Crippen molar-refractivity contribution >= 4 is 34.1 Å². The van der Waals surface area contributed by atoms with Crippen LogP contribution in [0.4, 0.5) is 18.9 Å². The number of nitrogens with zero attached hydrogens (tertiary/aromatic N) is 4. The molecule has 0 saturated carbocycles. The first-order valence-electron chi connectivity index (χ1n) is 12.7. The van der Waals surface area contributed by atoms with E-state index in [4.69, 9.17) is 17.0 Å². The number of aromatic nitrogens is 1. The lowest BCUT2D eigenvalue weighted by Crippen LogP contribution is -2.45. The highest BCUT2D eigenvalue weighted by Gasteiger charge is 2.37. The molecule has 0 atom stereocenters. The molecule has 7 nitrogen and oxygen atoms in total. The quantitative estimate of drug-likeness (QED) is 0.345. The van der Waals surface area contributed by atoms with Crippen molar-refractivity contribution in [1.82, 2.24) is 14.8 Å². The van der Waals surface area contributed by atoms with Crippen LogP contribution >= 0.6 is 11.6 Å². The first-order chi connectivity index (χ1) is 18.9. The van der Waals surface area contributed by atoms with Crippen molar-refractivity contribution in [3.8, 4) is 11.8 Å². The number of rotatable bonds is 7. The minimum atomic E-state index is -4.54. The van der Waals surface area contributed by atoms with E-state index < -0.39 is 17.7 Å². The lowest BCUT2D eigenvalue weighted by molar-refractivity contribution is -0.113. The van der Waals surface area contributed by atoms with E-state index in [1.165, 1.54) is 24.5 Å². The fourth-order valence-corrected chi connectivity index (χ4v) is 4.22. The van der Waals surface area contributed by atoms with Gasteiger partial charge in [0, 0.05) is 61.8 Å². The second-order valence-corrected chi connectivity index (χ2v) is 10.0. The van der Waals surface area contributed by atoms with E-state index >= 15 is 0 Å². The molecule has 2 aliphatic rings. The molecule has 11 heteroatoms. The van der Waals surface area contributed by atoms with Crippen molar-refractivity contribution in [3.63, 3.8) is 0 Å². The lowest BCUT2D eigenvalue weighted by Gasteiger charge is -2.34. The molecule has 1 fully saturated rings. The molecule has 0 bridgehead atoms. The van der Waals surface area contributed by atoms with Gasteiger partial charge in [-0.25, -0.2) is 0 Å². The molecular weight excluding hydrogens is 541 g/mol. The van der Waals surface area contributed by atoms with Gasteiger partial charge in [0.05, 0.1) is 23.2 Å². The van der Waals surface area contributed by atoms with Crippen LogP contribution in [0.2, 0.25) is 0 Å². The first kappa shape index (κ1) is 31.0. The fraction of sp³-hybridized carbons (Fsp3) is 0.379. The summed E-state index contributed by atoms with van der Waals surface area (Å²) in [4.78, 5) is 25.5. The first-order valence-corrected chi connectivity index (χ1v) is 13.1. The predicted octanol–water partition coefficient (Wildman–Crippen LogP) is 5.25. The van der Waals surface area contributed by atoms with Gasteiger partial charge in [0.2, 0.25) is 0 Å². The molecule has 40 heavy (non-hydrogen) atoms. The maximum Gasteiger partial charge on any atom is 0.416 e. The number of alkyl halides is 3. The van der Waals surface area contributed by atoms with Gasteiger partial charge >= 0.3 is 6.18 Å². The summed E-state index contributed by atoms with van der Waals surface area (Å²) < 4.78 is 41.8. The standard InChI is InChI=1S/C29H32ClF3N6O/c1-20(7-10-27(30)34)35-11-5-4-6-22-16-25(18-36-21(22)2)37-28(40)23-8-9-24(26(17-23)29(31,32)33)19-39-14-12-38(3)13-15-39/h5,7,10-11,16-18,34H,8-9,12-15,19H2,1-3H3,(H,37,40)/b10-7-,11-5?,34-27?,35-20?. The van der Waals surface area contributed by atoms with Gasteiger partial charge in [-0.1, -0.05) is 23.4 Å². The zero-order chi connectivity index (χ0) is 29.3. The summed E-state index contributed by atoms with van der Waals surface area (Å²) >= 11 is 5.46. The van der Waals surface area contributed by atoms with Gasteiger partial charge in [-0.2, -0.15) is 13.2 Å². The van der Waals surface area contributed by atoms with E-state index in [-0.39, 0.29) is 30.1 Å². The van der Waals surface area contributed by atoms with Crippen molar-refractivity contribution in [2.24, 2.45) is 4.99 Å². The van der Waals surface area contributed by atoms with Gasteiger partial charge in [0.25, 0.3) is 5.91 Å². The number of nitrogens with one attached hydrogen (secondary N) is 2. The van der Waals surface area contributed by atoms with E-state index in [1.807, 2.05) is 11.9 Å². The van der Waals surface area contributed by atoms with Gasteiger partial charge in [-0.15, -0.1) is 0 Å². The summed E-state index contributed by atoms with van der Waals surface area (Å²) in [5, 5.41) is 9.72. The van der Waals surface area contributed by atoms with E-state index in [9.17, 15) is 18.0 Å². The Hall–Kier alpha value is -3.52. The number of hydrogen-bond donors (Lipinski definition) is 2. The Balaban J connectivity index is 1.71. The number of halogens is 4. The van der Waals surface area contributed by atoms with E-state index in [2.05, 4.69) is 32.0 Å². The molecule has 1 aliphatic heterocycles. The van der Waals surface area contributed by atoms with Crippen molar-refractivity contribution in [2.45, 2.75) is 32.9 Å². The van der Waals surface area contributed by atoms with Crippen molar-refractivity contribution < 1.29 is 18.0 Å². The molecule has 3 rings (SSSR count). The summed E-state index contributed by atoms with van der Waals surface area (Å²) in [5.74, 6) is 5.18. The molecule has 0 unspecified atom stereocenters. The van der Waals surface area contributed by atoms with Crippen molar-refractivity contribution in [2.75, 3.05) is 45.1 Å². The number of anilines is 1. The van der Waals surface area contributed by atoms with Gasteiger partial charge in [0.15, 0.2) is 0 Å². The third kappa shape index (κ3) is 9.59. The van der Waals surface area contributed by atoms with E-state index in [0.29, 0.717) is 41.3 Å². The number of carbonyl (C=O) groups is 1. The molecule has 1 amide bonds. The Kier molecular flexibility index (Phi) is 11.0. The zero-order valence-electron chi connectivity index (χ0n) is 22.7.